The predicted molar refractivity (Wildman–Crippen MR) is 106 cm³/mol. The van der Waals surface area contributed by atoms with Crippen molar-refractivity contribution >= 4 is 23.2 Å². The van der Waals surface area contributed by atoms with Crippen molar-refractivity contribution in [1.29, 1.82) is 0 Å². The first kappa shape index (κ1) is 18.9. The zero-order chi connectivity index (χ0) is 19.6. The van der Waals surface area contributed by atoms with Crippen LogP contribution in [0.4, 0.5) is 11.4 Å². The molecule has 142 valence electrons. The van der Waals surface area contributed by atoms with Crippen LogP contribution >= 0.6 is 0 Å². The Hall–Kier alpha value is -2.89. The van der Waals surface area contributed by atoms with Gasteiger partial charge in [0, 0.05) is 42.3 Å². The van der Waals surface area contributed by atoms with Crippen LogP contribution in [0.5, 0.6) is 0 Å². The van der Waals surface area contributed by atoms with E-state index in [1.54, 1.807) is 23.7 Å². The molecule has 1 saturated carbocycles. The van der Waals surface area contributed by atoms with Gasteiger partial charge in [-0.05, 0) is 44.4 Å². The summed E-state index contributed by atoms with van der Waals surface area (Å²) >= 11 is 0. The summed E-state index contributed by atoms with van der Waals surface area (Å²) in [6.45, 7) is 3.65. The molecule has 0 atom stereocenters. The zero-order valence-electron chi connectivity index (χ0n) is 16.0. The average molecular weight is 367 g/mol. The fourth-order valence-electron chi connectivity index (χ4n) is 3.42. The van der Waals surface area contributed by atoms with Gasteiger partial charge in [-0.2, -0.15) is 0 Å². The lowest BCUT2D eigenvalue weighted by molar-refractivity contribution is -0.119. The molecule has 1 heterocycles. The van der Waals surface area contributed by atoms with Gasteiger partial charge in [-0.3, -0.25) is 14.4 Å². The molecule has 0 saturated heterocycles. The molecule has 0 spiro atoms. The highest BCUT2D eigenvalue weighted by Gasteiger charge is 2.23. The second kappa shape index (κ2) is 7.78. The third kappa shape index (κ3) is 4.10. The van der Waals surface area contributed by atoms with E-state index in [2.05, 4.69) is 10.6 Å². The molecule has 6 nitrogen and oxygen atoms in total. The number of carbonyl (C=O) groups excluding carboxylic acids is 2. The minimum absolute atomic E-state index is 0.0338. The fourth-order valence-corrected chi connectivity index (χ4v) is 3.42. The van der Waals surface area contributed by atoms with Gasteiger partial charge in [-0.1, -0.05) is 18.9 Å². The second-order valence-corrected chi connectivity index (χ2v) is 7.21. The highest BCUT2D eigenvalue weighted by atomic mass is 16.2. The Bertz CT molecular complexity index is 940. The third-order valence-corrected chi connectivity index (χ3v) is 5.29. The molecule has 0 bridgehead atoms. The number of amides is 2. The van der Waals surface area contributed by atoms with Crippen LogP contribution in [0.2, 0.25) is 0 Å². The number of rotatable bonds is 4. The molecule has 2 aromatic rings. The lowest BCUT2D eigenvalue weighted by atomic mass is 10.1. The van der Waals surface area contributed by atoms with E-state index in [4.69, 9.17) is 0 Å². The van der Waals surface area contributed by atoms with Crippen molar-refractivity contribution in [2.45, 2.75) is 39.5 Å². The summed E-state index contributed by atoms with van der Waals surface area (Å²) in [6, 6.07) is 6.81. The Labute approximate surface area is 158 Å². The lowest BCUT2D eigenvalue weighted by Gasteiger charge is -2.16. The molecule has 1 aromatic carbocycles. The largest absolute Gasteiger partial charge is 0.354 e. The number of benzene rings is 1. The van der Waals surface area contributed by atoms with Crippen LogP contribution in [0.25, 0.3) is 0 Å². The Morgan fingerprint density at radius 3 is 2.37 bits per heavy atom. The van der Waals surface area contributed by atoms with Crippen LogP contribution in [0.3, 0.4) is 0 Å². The Balaban J connectivity index is 1.79. The molecule has 1 fully saturated rings. The molecular formula is C21H25N3O3. The summed E-state index contributed by atoms with van der Waals surface area (Å²) in [5.41, 5.74) is 2.58. The molecule has 27 heavy (non-hydrogen) atoms. The molecule has 0 aliphatic heterocycles. The van der Waals surface area contributed by atoms with Crippen molar-refractivity contribution in [3.63, 3.8) is 0 Å². The Morgan fingerprint density at radius 1 is 1.07 bits per heavy atom. The van der Waals surface area contributed by atoms with Gasteiger partial charge in [0.15, 0.2) is 5.43 Å². The molecule has 6 heteroatoms. The second-order valence-electron chi connectivity index (χ2n) is 7.21. The minimum Gasteiger partial charge on any atom is -0.354 e. The van der Waals surface area contributed by atoms with Gasteiger partial charge >= 0.3 is 0 Å². The van der Waals surface area contributed by atoms with Crippen LogP contribution in [-0.4, -0.2) is 16.4 Å². The Kier molecular flexibility index (Phi) is 5.44. The van der Waals surface area contributed by atoms with Crippen LogP contribution < -0.4 is 16.1 Å². The van der Waals surface area contributed by atoms with Gasteiger partial charge in [-0.25, -0.2) is 0 Å². The van der Waals surface area contributed by atoms with E-state index >= 15 is 0 Å². The monoisotopic (exact) mass is 367 g/mol. The standard InChI is InChI=1S/C21H25N3O3/c1-13-11-19(25)16(12-24(13)3)21(27)23-18-10-6-9-17(14(18)2)22-20(26)15-7-4-5-8-15/h6,9-12,15H,4-5,7-8H2,1-3H3,(H,22,26)(H,23,27). The van der Waals surface area contributed by atoms with Gasteiger partial charge in [-0.15, -0.1) is 0 Å². The molecule has 3 rings (SSSR count). The number of nitrogens with zero attached hydrogens (tertiary/aromatic N) is 1. The fraction of sp³-hybridized carbons (Fsp3) is 0.381. The number of nitrogens with one attached hydrogen (secondary N) is 2. The van der Waals surface area contributed by atoms with Gasteiger partial charge in [0.25, 0.3) is 5.91 Å². The van der Waals surface area contributed by atoms with Crippen molar-refractivity contribution in [1.82, 2.24) is 4.57 Å². The van der Waals surface area contributed by atoms with Crippen molar-refractivity contribution < 1.29 is 9.59 Å². The Morgan fingerprint density at radius 2 is 1.70 bits per heavy atom. The van der Waals surface area contributed by atoms with Gasteiger partial charge in [0.05, 0.1) is 0 Å². The number of anilines is 2. The predicted octanol–water partition coefficient (Wildman–Crippen LogP) is 3.38. The number of hydrogen-bond acceptors (Lipinski definition) is 3. The van der Waals surface area contributed by atoms with E-state index in [1.807, 2.05) is 19.9 Å². The summed E-state index contributed by atoms with van der Waals surface area (Å²) in [7, 11) is 1.79. The smallest absolute Gasteiger partial charge is 0.261 e. The van der Waals surface area contributed by atoms with E-state index in [1.165, 1.54) is 12.3 Å². The quantitative estimate of drug-likeness (QED) is 0.869. The van der Waals surface area contributed by atoms with E-state index in [0.717, 1.165) is 36.9 Å². The van der Waals surface area contributed by atoms with Gasteiger partial charge in [0.1, 0.15) is 5.56 Å². The van der Waals surface area contributed by atoms with Crippen molar-refractivity contribution in [3.05, 3.63) is 57.5 Å². The molecule has 1 aromatic heterocycles. The maximum absolute atomic E-state index is 12.6. The first-order chi connectivity index (χ1) is 12.9. The normalized spacial score (nSPS) is 14.2. The van der Waals surface area contributed by atoms with Crippen LogP contribution in [0, 0.1) is 19.8 Å². The lowest BCUT2D eigenvalue weighted by Crippen LogP contribution is -2.24. The van der Waals surface area contributed by atoms with Gasteiger partial charge < -0.3 is 15.2 Å². The van der Waals surface area contributed by atoms with E-state index in [0.29, 0.717) is 11.4 Å². The van der Waals surface area contributed by atoms with E-state index < -0.39 is 5.91 Å². The molecule has 2 N–H and O–H groups in total. The SMILES string of the molecule is Cc1c(NC(=O)c2cn(C)c(C)cc2=O)cccc1NC(=O)C1CCCC1. The molecule has 0 radical (unpaired) electrons. The third-order valence-electron chi connectivity index (χ3n) is 5.29. The maximum Gasteiger partial charge on any atom is 0.261 e. The molecule has 1 aliphatic rings. The summed E-state index contributed by atoms with van der Waals surface area (Å²) in [5, 5.41) is 5.77. The van der Waals surface area contributed by atoms with E-state index in [9.17, 15) is 14.4 Å². The molecular weight excluding hydrogens is 342 g/mol. The van der Waals surface area contributed by atoms with Crippen molar-refractivity contribution in [3.8, 4) is 0 Å². The first-order valence-corrected chi connectivity index (χ1v) is 9.26. The average Bonchev–Trinajstić information content (AvgIpc) is 3.16. The highest BCUT2D eigenvalue weighted by molar-refractivity contribution is 6.05. The van der Waals surface area contributed by atoms with Gasteiger partial charge in [0.2, 0.25) is 5.91 Å². The summed E-state index contributed by atoms with van der Waals surface area (Å²) in [4.78, 5) is 37.1. The summed E-state index contributed by atoms with van der Waals surface area (Å²) in [6.07, 6.45) is 5.58. The number of carbonyl (C=O) groups is 2. The summed E-state index contributed by atoms with van der Waals surface area (Å²) in [5.74, 6) is -0.359. The van der Waals surface area contributed by atoms with Crippen LogP contribution in [0.15, 0.2) is 35.3 Å². The molecule has 2 amide bonds. The first-order valence-electron chi connectivity index (χ1n) is 9.26. The number of aryl methyl sites for hydroxylation is 2. The number of aromatic nitrogens is 1. The van der Waals surface area contributed by atoms with Crippen LogP contribution in [-0.2, 0) is 11.8 Å². The maximum atomic E-state index is 12.6. The van der Waals surface area contributed by atoms with Crippen molar-refractivity contribution in [2.24, 2.45) is 13.0 Å². The zero-order valence-corrected chi connectivity index (χ0v) is 16.0. The van der Waals surface area contributed by atoms with E-state index in [-0.39, 0.29) is 22.8 Å². The molecule has 1 aliphatic carbocycles. The topological polar surface area (TPSA) is 80.2 Å². The number of pyridine rings is 1. The summed E-state index contributed by atoms with van der Waals surface area (Å²) < 4.78 is 1.74. The van der Waals surface area contributed by atoms with Crippen LogP contribution in [0.1, 0.15) is 47.3 Å². The minimum atomic E-state index is -0.460. The van der Waals surface area contributed by atoms with Crippen molar-refractivity contribution in [2.75, 3.05) is 10.6 Å². The highest BCUT2D eigenvalue weighted by Crippen LogP contribution is 2.28. The molecule has 0 unspecified atom stereocenters. The number of hydrogen-bond donors (Lipinski definition) is 2.